The van der Waals surface area contributed by atoms with Crippen LogP contribution in [-0.4, -0.2) is 37.0 Å². The van der Waals surface area contributed by atoms with Crippen LogP contribution in [0.4, 0.5) is 0 Å². The van der Waals surface area contributed by atoms with Crippen LogP contribution < -0.4 is 5.32 Å². The predicted octanol–water partition coefficient (Wildman–Crippen LogP) is 4.22. The summed E-state index contributed by atoms with van der Waals surface area (Å²) in [5.74, 6) is 1.16. The first-order valence-corrected chi connectivity index (χ1v) is 10.2. The van der Waals surface area contributed by atoms with Gasteiger partial charge in [-0.2, -0.15) is 0 Å². The molecule has 0 radical (unpaired) electrons. The summed E-state index contributed by atoms with van der Waals surface area (Å²) in [5, 5.41) is 5.58. The quantitative estimate of drug-likeness (QED) is 0.841. The number of halogens is 1. The highest BCUT2D eigenvalue weighted by Gasteiger charge is 2.44. The Bertz CT molecular complexity index is 491. The number of likely N-dealkylation sites (tertiary alicyclic amines) is 1. The van der Waals surface area contributed by atoms with E-state index in [1.165, 1.54) is 24.1 Å². The van der Waals surface area contributed by atoms with E-state index in [9.17, 15) is 4.79 Å². The standard InChI is InChI=1S/C19H30N2OS.ClH/c1-2-20-15-16-8-12-21(13-9-16)18(22)19(10-4-3-5-11-19)17-7-6-14-23-17;/h6-7,14,16,20H,2-5,8-13,15H2,1H3;1H. The average molecular weight is 371 g/mol. The van der Waals surface area contributed by atoms with Crippen molar-refractivity contribution in [3.05, 3.63) is 22.4 Å². The van der Waals surface area contributed by atoms with Gasteiger partial charge >= 0.3 is 0 Å². The van der Waals surface area contributed by atoms with Crippen LogP contribution >= 0.6 is 23.7 Å². The Hall–Kier alpha value is -0.580. The third-order valence-corrected chi connectivity index (χ3v) is 6.77. The van der Waals surface area contributed by atoms with Gasteiger partial charge in [0.1, 0.15) is 0 Å². The first-order valence-electron chi connectivity index (χ1n) is 9.30. The van der Waals surface area contributed by atoms with E-state index in [1.807, 2.05) is 0 Å². The van der Waals surface area contributed by atoms with Gasteiger partial charge in [-0.05, 0) is 56.1 Å². The molecule has 0 atom stereocenters. The van der Waals surface area contributed by atoms with Crippen LogP contribution in [0.15, 0.2) is 17.5 Å². The summed E-state index contributed by atoms with van der Waals surface area (Å²) in [6.45, 7) is 6.20. The molecule has 5 heteroatoms. The largest absolute Gasteiger partial charge is 0.342 e. The van der Waals surface area contributed by atoms with Gasteiger partial charge in [0.05, 0.1) is 5.41 Å². The minimum atomic E-state index is -0.207. The zero-order chi connectivity index (χ0) is 16.1. The molecule has 1 amide bonds. The van der Waals surface area contributed by atoms with Gasteiger partial charge in [0.15, 0.2) is 0 Å². The Balaban J connectivity index is 0.00000208. The Kier molecular flexibility index (Phi) is 7.58. The molecular weight excluding hydrogens is 340 g/mol. The summed E-state index contributed by atoms with van der Waals surface area (Å²) in [4.78, 5) is 16.9. The third-order valence-electron chi connectivity index (χ3n) is 5.69. The van der Waals surface area contributed by atoms with Crippen LogP contribution in [0.2, 0.25) is 0 Å². The van der Waals surface area contributed by atoms with Crippen molar-refractivity contribution in [1.29, 1.82) is 0 Å². The Morgan fingerprint density at radius 2 is 2.00 bits per heavy atom. The molecule has 1 aromatic heterocycles. The highest BCUT2D eigenvalue weighted by molar-refractivity contribution is 7.10. The van der Waals surface area contributed by atoms with Gasteiger partial charge < -0.3 is 10.2 Å². The minimum absolute atomic E-state index is 0. The van der Waals surface area contributed by atoms with Crippen molar-refractivity contribution < 1.29 is 4.79 Å². The summed E-state index contributed by atoms with van der Waals surface area (Å²) in [6, 6.07) is 4.29. The maximum absolute atomic E-state index is 13.4. The van der Waals surface area contributed by atoms with Gasteiger partial charge in [-0.25, -0.2) is 0 Å². The highest BCUT2D eigenvalue weighted by Crippen LogP contribution is 2.43. The molecule has 136 valence electrons. The molecule has 1 aliphatic heterocycles. The van der Waals surface area contributed by atoms with Gasteiger partial charge in [-0.1, -0.05) is 32.3 Å². The molecule has 2 fully saturated rings. The number of hydrogen-bond acceptors (Lipinski definition) is 3. The van der Waals surface area contributed by atoms with Crippen molar-refractivity contribution in [3.8, 4) is 0 Å². The predicted molar refractivity (Wildman–Crippen MR) is 104 cm³/mol. The molecule has 3 rings (SSSR count). The van der Waals surface area contributed by atoms with Crippen LogP contribution in [0.3, 0.4) is 0 Å². The van der Waals surface area contributed by atoms with E-state index in [1.54, 1.807) is 11.3 Å². The van der Waals surface area contributed by atoms with Gasteiger partial charge in [0.2, 0.25) is 5.91 Å². The fourth-order valence-corrected chi connectivity index (χ4v) is 5.24. The second-order valence-corrected chi connectivity index (χ2v) is 8.11. The lowest BCUT2D eigenvalue weighted by Crippen LogP contribution is -2.50. The van der Waals surface area contributed by atoms with Crippen molar-refractivity contribution in [2.45, 2.75) is 57.3 Å². The number of carbonyl (C=O) groups is 1. The summed E-state index contributed by atoms with van der Waals surface area (Å²) in [5.41, 5.74) is -0.207. The topological polar surface area (TPSA) is 32.3 Å². The summed E-state index contributed by atoms with van der Waals surface area (Å²) >= 11 is 1.77. The first-order chi connectivity index (χ1) is 11.3. The molecular formula is C19H31ClN2OS. The molecule has 2 aliphatic rings. The summed E-state index contributed by atoms with van der Waals surface area (Å²) in [7, 11) is 0. The highest BCUT2D eigenvalue weighted by atomic mass is 35.5. The summed E-state index contributed by atoms with van der Waals surface area (Å²) < 4.78 is 0. The number of nitrogens with zero attached hydrogens (tertiary/aromatic N) is 1. The Morgan fingerprint density at radius 3 is 2.58 bits per heavy atom. The zero-order valence-electron chi connectivity index (χ0n) is 14.8. The van der Waals surface area contributed by atoms with E-state index in [2.05, 4.69) is 34.7 Å². The van der Waals surface area contributed by atoms with Gasteiger partial charge in [-0.15, -0.1) is 23.7 Å². The molecule has 1 aliphatic carbocycles. The van der Waals surface area contributed by atoms with E-state index in [-0.39, 0.29) is 17.8 Å². The summed E-state index contributed by atoms with van der Waals surface area (Å²) in [6.07, 6.45) is 8.07. The fraction of sp³-hybridized carbons (Fsp3) is 0.737. The van der Waals surface area contributed by atoms with Gasteiger partial charge in [-0.3, -0.25) is 4.79 Å². The van der Waals surface area contributed by atoms with Crippen LogP contribution in [-0.2, 0) is 10.2 Å². The molecule has 1 saturated heterocycles. The number of amides is 1. The molecule has 1 aromatic rings. The van der Waals surface area contributed by atoms with E-state index in [0.717, 1.165) is 57.8 Å². The number of rotatable bonds is 5. The molecule has 1 saturated carbocycles. The monoisotopic (exact) mass is 370 g/mol. The first kappa shape index (κ1) is 19.7. The third kappa shape index (κ3) is 4.14. The van der Waals surface area contributed by atoms with Crippen LogP contribution in [0.25, 0.3) is 0 Å². The lowest BCUT2D eigenvalue weighted by Gasteiger charge is -2.42. The van der Waals surface area contributed by atoms with E-state index < -0.39 is 0 Å². The molecule has 24 heavy (non-hydrogen) atoms. The van der Waals surface area contributed by atoms with E-state index in [4.69, 9.17) is 0 Å². The number of hydrogen-bond donors (Lipinski definition) is 1. The number of thiophene rings is 1. The van der Waals surface area contributed by atoms with Crippen molar-refractivity contribution in [2.75, 3.05) is 26.2 Å². The Labute approximate surface area is 156 Å². The molecule has 1 N–H and O–H groups in total. The van der Waals surface area contributed by atoms with E-state index >= 15 is 0 Å². The average Bonchev–Trinajstić information content (AvgIpc) is 3.15. The number of carbonyl (C=O) groups excluding carboxylic acids is 1. The second-order valence-electron chi connectivity index (χ2n) is 7.16. The fourth-order valence-electron chi connectivity index (χ4n) is 4.26. The second kappa shape index (κ2) is 9.21. The molecule has 2 heterocycles. The lowest BCUT2D eigenvalue weighted by molar-refractivity contribution is -0.140. The van der Waals surface area contributed by atoms with Gasteiger partial charge in [0, 0.05) is 18.0 Å². The van der Waals surface area contributed by atoms with Crippen molar-refractivity contribution in [2.24, 2.45) is 5.92 Å². The number of nitrogens with one attached hydrogen (secondary N) is 1. The van der Waals surface area contributed by atoms with Crippen LogP contribution in [0.1, 0.15) is 56.7 Å². The van der Waals surface area contributed by atoms with Crippen LogP contribution in [0.5, 0.6) is 0 Å². The normalized spacial score (nSPS) is 21.3. The number of piperidine rings is 1. The van der Waals surface area contributed by atoms with Crippen molar-refractivity contribution >= 4 is 29.7 Å². The molecule has 0 spiro atoms. The SMILES string of the molecule is CCNCC1CCN(C(=O)C2(c3cccs3)CCCCC2)CC1.Cl. The Morgan fingerprint density at radius 1 is 1.29 bits per heavy atom. The molecule has 3 nitrogen and oxygen atoms in total. The molecule has 0 bridgehead atoms. The van der Waals surface area contributed by atoms with E-state index in [0.29, 0.717) is 5.91 Å². The molecule has 0 unspecified atom stereocenters. The van der Waals surface area contributed by atoms with Crippen molar-refractivity contribution in [3.63, 3.8) is 0 Å². The smallest absolute Gasteiger partial charge is 0.234 e. The maximum Gasteiger partial charge on any atom is 0.234 e. The lowest BCUT2D eigenvalue weighted by atomic mass is 9.71. The van der Waals surface area contributed by atoms with Gasteiger partial charge in [0.25, 0.3) is 0 Å². The minimum Gasteiger partial charge on any atom is -0.342 e. The van der Waals surface area contributed by atoms with Crippen molar-refractivity contribution in [1.82, 2.24) is 10.2 Å². The zero-order valence-corrected chi connectivity index (χ0v) is 16.4. The maximum atomic E-state index is 13.4. The van der Waals surface area contributed by atoms with Crippen LogP contribution in [0, 0.1) is 5.92 Å². The molecule has 0 aromatic carbocycles.